The zero-order valence-corrected chi connectivity index (χ0v) is 11.9. The van der Waals surface area contributed by atoms with Gasteiger partial charge >= 0.3 is 0 Å². The van der Waals surface area contributed by atoms with Gasteiger partial charge in [-0.05, 0) is 25.2 Å². The number of anilines is 1. The second kappa shape index (κ2) is 5.41. The van der Waals surface area contributed by atoms with Crippen LogP contribution in [-0.2, 0) is 0 Å². The van der Waals surface area contributed by atoms with Crippen molar-refractivity contribution in [3.8, 4) is 11.5 Å². The molecule has 3 rings (SSSR count). The van der Waals surface area contributed by atoms with Crippen molar-refractivity contribution < 1.29 is 8.91 Å². The predicted molar refractivity (Wildman–Crippen MR) is 76.8 cm³/mol. The summed E-state index contributed by atoms with van der Waals surface area (Å²) in [7, 11) is 2.05. The largest absolute Gasteiger partial charge is 0.398 e. The maximum Gasteiger partial charge on any atom is 0.260 e. The van der Waals surface area contributed by atoms with E-state index in [0.29, 0.717) is 23.0 Å². The second-order valence-electron chi connectivity index (χ2n) is 4.76. The third kappa shape index (κ3) is 2.51. The molecule has 1 saturated heterocycles. The highest BCUT2D eigenvalue weighted by atomic mass is 32.2. The molecule has 0 amide bonds. The molecule has 0 radical (unpaired) electrons. The Morgan fingerprint density at radius 3 is 3.10 bits per heavy atom. The van der Waals surface area contributed by atoms with Crippen LogP contribution >= 0.6 is 11.8 Å². The molecule has 1 aliphatic heterocycles. The molecule has 0 saturated carbocycles. The monoisotopic (exact) mass is 294 g/mol. The summed E-state index contributed by atoms with van der Waals surface area (Å²) in [6.07, 6.45) is 0. The maximum atomic E-state index is 13.1. The Kier molecular flexibility index (Phi) is 3.62. The molecule has 1 aromatic carbocycles. The number of nitrogen functional groups attached to an aromatic ring is 1. The van der Waals surface area contributed by atoms with Gasteiger partial charge in [-0.3, -0.25) is 4.90 Å². The van der Waals surface area contributed by atoms with Crippen LogP contribution in [-0.4, -0.2) is 40.1 Å². The van der Waals surface area contributed by atoms with Crippen molar-refractivity contribution in [1.82, 2.24) is 15.0 Å². The molecule has 1 aromatic heterocycles. The van der Waals surface area contributed by atoms with Crippen LogP contribution in [0.15, 0.2) is 22.7 Å². The zero-order chi connectivity index (χ0) is 14.1. The smallest absolute Gasteiger partial charge is 0.260 e. The average molecular weight is 294 g/mol. The fourth-order valence-electron chi connectivity index (χ4n) is 2.17. The Morgan fingerprint density at radius 1 is 1.50 bits per heavy atom. The standard InChI is InChI=1S/C13H15FN4OS/c1-18-4-5-20-7-11(18)12-16-13(19-17-12)9-3-2-8(14)6-10(9)15/h2-3,6,11H,4-5,7,15H2,1H3. The second-order valence-corrected chi connectivity index (χ2v) is 5.91. The highest BCUT2D eigenvalue weighted by Gasteiger charge is 2.26. The molecule has 0 spiro atoms. The Labute approximate surface area is 120 Å². The lowest BCUT2D eigenvalue weighted by atomic mass is 10.2. The molecular weight excluding hydrogens is 279 g/mol. The molecule has 106 valence electrons. The van der Waals surface area contributed by atoms with E-state index in [0.717, 1.165) is 18.1 Å². The van der Waals surface area contributed by atoms with Crippen LogP contribution in [0.5, 0.6) is 0 Å². The van der Waals surface area contributed by atoms with Crippen molar-refractivity contribution in [3.63, 3.8) is 0 Å². The van der Waals surface area contributed by atoms with Gasteiger partial charge in [0.05, 0.1) is 11.6 Å². The maximum absolute atomic E-state index is 13.1. The molecule has 0 aliphatic carbocycles. The van der Waals surface area contributed by atoms with Crippen LogP contribution in [0.3, 0.4) is 0 Å². The van der Waals surface area contributed by atoms with Crippen molar-refractivity contribution in [1.29, 1.82) is 0 Å². The topological polar surface area (TPSA) is 68.2 Å². The van der Waals surface area contributed by atoms with Gasteiger partial charge in [0.2, 0.25) is 0 Å². The Bertz CT molecular complexity index is 618. The Hall–Kier alpha value is -1.60. The number of hydrogen-bond donors (Lipinski definition) is 1. The van der Waals surface area contributed by atoms with Crippen molar-refractivity contribution in [3.05, 3.63) is 29.8 Å². The van der Waals surface area contributed by atoms with Crippen LogP contribution < -0.4 is 5.73 Å². The minimum atomic E-state index is -0.380. The first-order chi connectivity index (χ1) is 9.65. The lowest BCUT2D eigenvalue weighted by molar-refractivity contribution is 0.257. The number of benzene rings is 1. The molecule has 5 nitrogen and oxygen atoms in total. The summed E-state index contributed by atoms with van der Waals surface area (Å²) in [5.41, 5.74) is 6.65. The molecular formula is C13H15FN4OS. The SMILES string of the molecule is CN1CCSCC1c1noc(-c2ccc(F)cc2N)n1. The van der Waals surface area contributed by atoms with Gasteiger partial charge in [-0.1, -0.05) is 5.16 Å². The van der Waals surface area contributed by atoms with Crippen molar-refractivity contribution in [2.75, 3.05) is 30.8 Å². The summed E-state index contributed by atoms with van der Waals surface area (Å²) >= 11 is 1.87. The molecule has 2 aromatic rings. The van der Waals surface area contributed by atoms with Gasteiger partial charge in [0.15, 0.2) is 5.82 Å². The van der Waals surface area contributed by atoms with E-state index in [4.69, 9.17) is 10.3 Å². The van der Waals surface area contributed by atoms with Crippen LogP contribution in [0.1, 0.15) is 11.9 Å². The van der Waals surface area contributed by atoms with E-state index in [1.165, 1.54) is 12.1 Å². The minimum absolute atomic E-state index is 0.146. The minimum Gasteiger partial charge on any atom is -0.398 e. The first kappa shape index (κ1) is 13.4. The van der Waals surface area contributed by atoms with E-state index in [1.807, 2.05) is 18.8 Å². The highest BCUT2D eigenvalue weighted by molar-refractivity contribution is 7.99. The Balaban J connectivity index is 1.89. The summed E-state index contributed by atoms with van der Waals surface area (Å²) < 4.78 is 18.3. The summed E-state index contributed by atoms with van der Waals surface area (Å²) in [5.74, 6) is 2.66. The predicted octanol–water partition coefficient (Wildman–Crippen LogP) is 2.18. The van der Waals surface area contributed by atoms with Gasteiger partial charge in [-0.15, -0.1) is 0 Å². The summed E-state index contributed by atoms with van der Waals surface area (Å²) in [4.78, 5) is 6.62. The average Bonchev–Trinajstić information content (AvgIpc) is 2.88. The zero-order valence-electron chi connectivity index (χ0n) is 11.0. The van der Waals surface area contributed by atoms with Gasteiger partial charge in [-0.25, -0.2) is 4.39 Å². The molecule has 0 bridgehead atoms. The first-order valence-corrected chi connectivity index (χ1v) is 7.47. The molecule has 1 aliphatic rings. The molecule has 7 heteroatoms. The molecule has 1 unspecified atom stereocenters. The highest BCUT2D eigenvalue weighted by Crippen LogP contribution is 2.30. The number of nitrogens with two attached hydrogens (primary N) is 1. The Morgan fingerprint density at radius 2 is 2.35 bits per heavy atom. The van der Waals surface area contributed by atoms with Crippen molar-refractivity contribution >= 4 is 17.4 Å². The number of halogens is 1. The fraction of sp³-hybridized carbons (Fsp3) is 0.385. The fourth-order valence-corrected chi connectivity index (χ4v) is 3.38. The molecule has 2 N–H and O–H groups in total. The van der Waals surface area contributed by atoms with Crippen LogP contribution in [0.4, 0.5) is 10.1 Å². The van der Waals surface area contributed by atoms with Gasteiger partial charge in [-0.2, -0.15) is 16.7 Å². The van der Waals surface area contributed by atoms with Crippen molar-refractivity contribution in [2.24, 2.45) is 0 Å². The number of nitrogens with zero attached hydrogens (tertiary/aromatic N) is 3. The molecule has 2 heterocycles. The normalized spacial score (nSPS) is 20.2. The third-order valence-corrected chi connectivity index (χ3v) is 4.40. The quantitative estimate of drug-likeness (QED) is 0.856. The lowest BCUT2D eigenvalue weighted by Gasteiger charge is -2.29. The van der Waals surface area contributed by atoms with E-state index < -0.39 is 0 Å². The lowest BCUT2D eigenvalue weighted by Crippen LogP contribution is -2.33. The van der Waals surface area contributed by atoms with Gasteiger partial charge in [0.25, 0.3) is 5.89 Å². The van der Waals surface area contributed by atoms with E-state index in [2.05, 4.69) is 15.0 Å². The molecule has 1 atom stereocenters. The van der Waals surface area contributed by atoms with Crippen molar-refractivity contribution in [2.45, 2.75) is 6.04 Å². The molecule has 1 fully saturated rings. The number of aromatic nitrogens is 2. The summed E-state index contributed by atoms with van der Waals surface area (Å²) in [5, 5.41) is 4.04. The van der Waals surface area contributed by atoms with E-state index >= 15 is 0 Å². The van der Waals surface area contributed by atoms with Gasteiger partial charge < -0.3 is 10.3 Å². The van der Waals surface area contributed by atoms with E-state index in [1.54, 1.807) is 6.07 Å². The van der Waals surface area contributed by atoms with Crippen LogP contribution in [0.2, 0.25) is 0 Å². The third-order valence-electron chi connectivity index (χ3n) is 3.38. The van der Waals surface area contributed by atoms with Gasteiger partial charge in [0.1, 0.15) is 5.82 Å². The summed E-state index contributed by atoms with van der Waals surface area (Å²) in [6, 6.07) is 4.29. The van der Waals surface area contributed by atoms with E-state index in [9.17, 15) is 4.39 Å². The number of hydrogen-bond acceptors (Lipinski definition) is 6. The number of thioether (sulfide) groups is 1. The first-order valence-electron chi connectivity index (χ1n) is 6.32. The molecule has 20 heavy (non-hydrogen) atoms. The van der Waals surface area contributed by atoms with Crippen LogP contribution in [0.25, 0.3) is 11.5 Å². The van der Waals surface area contributed by atoms with Gasteiger partial charge in [0, 0.05) is 23.7 Å². The number of rotatable bonds is 2. The van der Waals surface area contributed by atoms with Crippen LogP contribution in [0, 0.1) is 5.82 Å². The van der Waals surface area contributed by atoms with E-state index in [-0.39, 0.29) is 11.9 Å². The summed E-state index contributed by atoms with van der Waals surface area (Å²) in [6.45, 7) is 0.998.